The van der Waals surface area contributed by atoms with Gasteiger partial charge in [0.15, 0.2) is 0 Å². The van der Waals surface area contributed by atoms with E-state index in [1.807, 2.05) is 0 Å². The minimum absolute atomic E-state index is 0.0612. The molecule has 2 N–H and O–H groups in total. The van der Waals surface area contributed by atoms with Crippen LogP contribution in [0.3, 0.4) is 0 Å². The highest BCUT2D eigenvalue weighted by Crippen LogP contribution is 2.32. The van der Waals surface area contributed by atoms with Crippen molar-refractivity contribution in [3.63, 3.8) is 0 Å². The quantitative estimate of drug-likeness (QED) is 0.215. The highest BCUT2D eigenvalue weighted by Gasteiger charge is 2.31. The number of aryl methyl sites for hydroxylation is 1. The minimum atomic E-state index is -4.58. The molecule has 1 aliphatic carbocycles. The molecule has 0 radical (unpaired) electrons. The normalized spacial score (nSPS) is 20.0. The van der Waals surface area contributed by atoms with Crippen LogP contribution in [0.5, 0.6) is 0 Å². The van der Waals surface area contributed by atoms with Gasteiger partial charge in [-0.15, -0.1) is 0 Å². The molecule has 2 aliphatic rings. The molecule has 3 atom stereocenters. The lowest BCUT2D eigenvalue weighted by Gasteiger charge is -2.33. The zero-order chi connectivity index (χ0) is 31.5. The Balaban J connectivity index is 1.25. The van der Waals surface area contributed by atoms with Crippen molar-refractivity contribution in [1.29, 1.82) is 0 Å². The number of hydrogen-bond donors (Lipinski definition) is 2. The monoisotopic (exact) mass is 628 g/mol. The molecule has 0 spiro atoms. The molecule has 0 aromatic heterocycles. The first-order chi connectivity index (χ1) is 20.9. The van der Waals surface area contributed by atoms with Crippen molar-refractivity contribution in [2.45, 2.75) is 55.4 Å². The maximum atomic E-state index is 13.7. The van der Waals surface area contributed by atoms with Crippen molar-refractivity contribution in [1.82, 2.24) is 19.8 Å². The number of alkyl halides is 3. The lowest BCUT2D eigenvalue weighted by molar-refractivity contribution is -0.137. The van der Waals surface area contributed by atoms with E-state index in [9.17, 15) is 21.8 Å². The molecular formula is C34H40F4N4OS. The van der Waals surface area contributed by atoms with Gasteiger partial charge in [-0.1, -0.05) is 43.0 Å². The van der Waals surface area contributed by atoms with E-state index in [0.29, 0.717) is 11.3 Å². The molecule has 3 aromatic rings. The topological polar surface area (TPSA) is 47.6 Å². The number of fused-ring (bicyclic) bond motifs is 1. The van der Waals surface area contributed by atoms with E-state index in [1.165, 1.54) is 41.0 Å². The van der Waals surface area contributed by atoms with Crippen molar-refractivity contribution in [3.8, 4) is 0 Å². The Morgan fingerprint density at radius 2 is 1.75 bits per heavy atom. The second-order valence-electron chi connectivity index (χ2n) is 12.0. The Morgan fingerprint density at radius 3 is 2.45 bits per heavy atom. The van der Waals surface area contributed by atoms with Crippen LogP contribution >= 0.6 is 0 Å². The molecule has 44 heavy (non-hydrogen) atoms. The van der Waals surface area contributed by atoms with Gasteiger partial charge in [0.2, 0.25) is 0 Å². The molecule has 0 amide bonds. The highest BCUT2D eigenvalue weighted by molar-refractivity contribution is 7.98. The average molecular weight is 629 g/mol. The fourth-order valence-electron chi connectivity index (χ4n) is 5.99. The molecule has 1 unspecified atom stereocenters. The Bertz CT molecular complexity index is 1560. The van der Waals surface area contributed by atoms with Crippen LogP contribution in [0, 0.1) is 5.82 Å². The van der Waals surface area contributed by atoms with Gasteiger partial charge in [0.1, 0.15) is 5.82 Å². The van der Waals surface area contributed by atoms with Gasteiger partial charge in [0, 0.05) is 61.8 Å². The molecule has 1 fully saturated rings. The maximum Gasteiger partial charge on any atom is 0.416 e. The fraction of sp³-hybridized carbons (Fsp3) is 0.382. The summed E-state index contributed by atoms with van der Waals surface area (Å²) in [6, 6.07) is 16.4. The third-order valence-corrected chi connectivity index (χ3v) is 10.2. The molecule has 5 rings (SSSR count). The zero-order valence-corrected chi connectivity index (χ0v) is 25.8. The van der Waals surface area contributed by atoms with E-state index in [2.05, 4.69) is 57.5 Å². The molecule has 1 heterocycles. The number of likely N-dealkylation sites (N-methyl/N-ethyl adjacent to an activating group) is 1. The molecule has 5 nitrogen and oxygen atoms in total. The van der Waals surface area contributed by atoms with Crippen molar-refractivity contribution in [2.75, 3.05) is 33.2 Å². The number of nitrogens with one attached hydrogen (secondary N) is 2. The molecule has 10 heteroatoms. The Hall–Kier alpha value is -3.18. The van der Waals surface area contributed by atoms with Crippen LogP contribution in [0.2, 0.25) is 0 Å². The van der Waals surface area contributed by atoms with Crippen LogP contribution < -0.4 is 10.0 Å². The standard InChI is InChI=1S/C34H40F4N4OS/c1-24(39-31-14-11-27-20-25(7-8-28(27)21-31)23-42-17-15-41(2)16-18-42)19-33(26-9-12-30(35)13-10-26)40-44(3,43)32-6-4-5-29(22-32)34(36,37)38/h4-10,12-13,20,22,31,33,39H,1,3,11,14-19,21,23H2,2H3,(H,40,43)/t31-,33-,44?/m1/s1. The highest BCUT2D eigenvalue weighted by atomic mass is 32.2. The maximum absolute atomic E-state index is 13.7. The summed E-state index contributed by atoms with van der Waals surface area (Å²) in [5, 5.41) is 3.53. The lowest BCUT2D eigenvalue weighted by Crippen LogP contribution is -2.43. The number of benzene rings is 3. The van der Waals surface area contributed by atoms with Gasteiger partial charge < -0.3 is 10.2 Å². The smallest absolute Gasteiger partial charge is 0.386 e. The number of nitrogens with zero attached hydrogens (tertiary/aromatic N) is 2. The van der Waals surface area contributed by atoms with E-state index in [1.54, 1.807) is 12.1 Å². The van der Waals surface area contributed by atoms with Crippen LogP contribution in [0.4, 0.5) is 17.6 Å². The Kier molecular flexibility index (Phi) is 9.84. The molecule has 0 saturated carbocycles. The van der Waals surface area contributed by atoms with E-state index >= 15 is 0 Å². The first kappa shape index (κ1) is 32.2. The van der Waals surface area contributed by atoms with Crippen LogP contribution in [0.15, 0.2) is 83.9 Å². The SMILES string of the molecule is C=C(C[C@@H](NS(=C)(=O)c1cccc(C(F)(F)F)c1)c1ccc(F)cc1)N[C@@H]1CCc2cc(CN3CCN(C)CC3)ccc2C1. The summed E-state index contributed by atoms with van der Waals surface area (Å²) in [4.78, 5) is 4.80. The second-order valence-corrected chi connectivity index (χ2v) is 14.1. The molecule has 1 aliphatic heterocycles. The number of rotatable bonds is 10. The summed E-state index contributed by atoms with van der Waals surface area (Å²) < 4.78 is 70.4. The minimum Gasteiger partial charge on any atom is -0.386 e. The molecule has 236 valence electrons. The van der Waals surface area contributed by atoms with Gasteiger partial charge in [-0.05, 0) is 84.8 Å². The van der Waals surface area contributed by atoms with Crippen molar-refractivity contribution in [2.24, 2.45) is 0 Å². The first-order valence-corrected chi connectivity index (χ1v) is 16.6. The summed E-state index contributed by atoms with van der Waals surface area (Å²) in [6.07, 6.45) is -1.59. The summed E-state index contributed by atoms with van der Waals surface area (Å²) in [6.45, 7) is 9.54. The molecular weight excluding hydrogens is 588 g/mol. The Labute approximate surface area is 258 Å². The van der Waals surface area contributed by atoms with Gasteiger partial charge in [0.25, 0.3) is 0 Å². The summed E-state index contributed by atoms with van der Waals surface area (Å²) in [7, 11) is -1.19. The van der Waals surface area contributed by atoms with Crippen LogP contribution in [0.1, 0.15) is 46.7 Å². The van der Waals surface area contributed by atoms with E-state index < -0.39 is 33.3 Å². The van der Waals surface area contributed by atoms with Crippen molar-refractivity contribution >= 4 is 15.6 Å². The fourth-order valence-corrected chi connectivity index (χ4v) is 7.42. The summed E-state index contributed by atoms with van der Waals surface area (Å²) in [5.74, 6) is 3.34. The average Bonchev–Trinajstić information content (AvgIpc) is 2.98. The number of halogens is 4. The van der Waals surface area contributed by atoms with Gasteiger partial charge in [-0.3, -0.25) is 4.90 Å². The van der Waals surface area contributed by atoms with E-state index in [4.69, 9.17) is 0 Å². The molecule has 3 aromatic carbocycles. The first-order valence-electron chi connectivity index (χ1n) is 14.9. The van der Waals surface area contributed by atoms with Crippen LogP contribution in [-0.2, 0) is 35.3 Å². The van der Waals surface area contributed by atoms with Gasteiger partial charge in [-0.2, -0.15) is 13.2 Å². The van der Waals surface area contributed by atoms with E-state index in [-0.39, 0.29) is 17.4 Å². The predicted molar refractivity (Wildman–Crippen MR) is 169 cm³/mol. The second kappa shape index (κ2) is 13.4. The molecule has 0 bridgehead atoms. The third-order valence-electron chi connectivity index (χ3n) is 8.51. The number of piperazine rings is 1. The third kappa shape index (κ3) is 8.29. The predicted octanol–water partition coefficient (Wildman–Crippen LogP) is 5.96. The number of hydrogen-bond acceptors (Lipinski definition) is 4. The largest absolute Gasteiger partial charge is 0.416 e. The van der Waals surface area contributed by atoms with Crippen molar-refractivity contribution in [3.05, 3.63) is 113 Å². The summed E-state index contributed by atoms with van der Waals surface area (Å²) >= 11 is 0. The van der Waals surface area contributed by atoms with Crippen LogP contribution in [0.25, 0.3) is 0 Å². The Morgan fingerprint density at radius 1 is 1.02 bits per heavy atom. The van der Waals surface area contributed by atoms with Gasteiger partial charge >= 0.3 is 6.18 Å². The lowest BCUT2D eigenvalue weighted by atomic mass is 9.87. The van der Waals surface area contributed by atoms with Gasteiger partial charge in [-0.25, -0.2) is 13.3 Å². The van der Waals surface area contributed by atoms with Crippen molar-refractivity contribution < 1.29 is 21.8 Å². The summed E-state index contributed by atoms with van der Waals surface area (Å²) in [5.41, 5.74) is 4.44. The molecule has 1 saturated heterocycles. The van der Waals surface area contributed by atoms with E-state index in [0.717, 1.165) is 64.1 Å². The zero-order valence-electron chi connectivity index (χ0n) is 25.0. The van der Waals surface area contributed by atoms with Crippen LogP contribution in [-0.4, -0.2) is 59.1 Å². The van der Waals surface area contributed by atoms with Gasteiger partial charge in [0.05, 0.1) is 15.3 Å².